The lowest BCUT2D eigenvalue weighted by atomic mass is 10.2. The average Bonchev–Trinajstić information content (AvgIpc) is 2.79. The minimum absolute atomic E-state index is 0.00260. The van der Waals surface area contributed by atoms with Crippen LogP contribution in [0.3, 0.4) is 0 Å². The van der Waals surface area contributed by atoms with E-state index in [1.165, 1.54) is 24.3 Å². The highest BCUT2D eigenvalue weighted by atomic mass is 32.2. The molecule has 3 N–H and O–H groups in total. The molecule has 1 heterocycles. The Labute approximate surface area is 134 Å². The molecule has 1 aliphatic heterocycles. The number of amides is 3. The van der Waals surface area contributed by atoms with Crippen molar-refractivity contribution in [2.75, 3.05) is 11.9 Å². The number of hydrogen-bond acceptors (Lipinski definition) is 4. The van der Waals surface area contributed by atoms with Crippen LogP contribution in [-0.4, -0.2) is 48.4 Å². The normalized spacial score (nSPS) is 18.3. The predicted molar refractivity (Wildman–Crippen MR) is 83.7 cm³/mol. The Balaban J connectivity index is 1.92. The number of anilines is 1. The van der Waals surface area contributed by atoms with Crippen molar-refractivity contribution in [1.29, 1.82) is 0 Å². The number of rotatable bonds is 4. The fraction of sp³-hybridized carbons (Fsp3) is 0.429. The molecule has 23 heavy (non-hydrogen) atoms. The molecule has 1 aromatic carbocycles. The van der Waals surface area contributed by atoms with Crippen LogP contribution >= 0.6 is 0 Å². The molecule has 0 saturated carbocycles. The number of nitrogens with zero attached hydrogens (tertiary/aromatic N) is 1. The second-order valence-electron chi connectivity index (χ2n) is 5.64. The lowest BCUT2D eigenvalue weighted by Crippen LogP contribution is -2.40. The average molecular weight is 341 g/mol. The molecule has 0 bridgehead atoms. The Hall–Kier alpha value is -2.13. The van der Waals surface area contributed by atoms with Gasteiger partial charge in [-0.25, -0.2) is 4.79 Å². The van der Waals surface area contributed by atoms with Crippen LogP contribution in [0, 0.1) is 0 Å². The molecular formula is C14H19N3O5S. The third kappa shape index (κ3) is 4.42. The van der Waals surface area contributed by atoms with Crippen LogP contribution in [0.15, 0.2) is 29.2 Å². The first-order chi connectivity index (χ1) is 10.7. The lowest BCUT2D eigenvalue weighted by Gasteiger charge is -2.21. The summed E-state index contributed by atoms with van der Waals surface area (Å²) in [5, 5.41) is 5.26. The minimum atomic E-state index is -4.26. The Morgan fingerprint density at radius 2 is 1.91 bits per heavy atom. The maximum atomic E-state index is 11.9. The number of hydrogen-bond donors (Lipinski definition) is 3. The molecule has 8 nitrogen and oxygen atoms in total. The summed E-state index contributed by atoms with van der Waals surface area (Å²) >= 11 is 0. The summed E-state index contributed by atoms with van der Waals surface area (Å²) in [6.07, 6.45) is 0.257. The molecule has 1 saturated heterocycles. The largest absolute Gasteiger partial charge is 0.338 e. The molecule has 126 valence electrons. The number of likely N-dealkylation sites (tertiary alicyclic amines) is 1. The van der Waals surface area contributed by atoms with Crippen LogP contribution < -0.4 is 10.6 Å². The van der Waals surface area contributed by atoms with Gasteiger partial charge in [0.1, 0.15) is 0 Å². The maximum Gasteiger partial charge on any atom is 0.319 e. The van der Waals surface area contributed by atoms with Gasteiger partial charge in [-0.15, -0.1) is 0 Å². The Bertz CT molecular complexity index is 700. The highest BCUT2D eigenvalue weighted by molar-refractivity contribution is 7.85. The molecule has 0 radical (unpaired) electrons. The lowest BCUT2D eigenvalue weighted by molar-refractivity contribution is -0.129. The first-order valence-electron chi connectivity index (χ1n) is 7.11. The van der Waals surface area contributed by atoms with E-state index >= 15 is 0 Å². The smallest absolute Gasteiger partial charge is 0.319 e. The molecule has 9 heteroatoms. The van der Waals surface area contributed by atoms with Gasteiger partial charge in [-0.3, -0.25) is 9.35 Å². The number of nitrogens with one attached hydrogen (secondary N) is 2. The van der Waals surface area contributed by atoms with E-state index < -0.39 is 16.1 Å². The van der Waals surface area contributed by atoms with Crippen molar-refractivity contribution in [1.82, 2.24) is 10.2 Å². The summed E-state index contributed by atoms with van der Waals surface area (Å²) in [7, 11) is -4.26. The Morgan fingerprint density at radius 3 is 2.39 bits per heavy atom. The zero-order valence-corrected chi connectivity index (χ0v) is 13.6. The van der Waals surface area contributed by atoms with Gasteiger partial charge in [0.25, 0.3) is 10.1 Å². The molecule has 2 rings (SSSR count). The van der Waals surface area contributed by atoms with E-state index in [2.05, 4.69) is 10.6 Å². The second kappa shape index (κ2) is 6.55. The van der Waals surface area contributed by atoms with Gasteiger partial charge in [-0.05, 0) is 38.1 Å². The highest BCUT2D eigenvalue weighted by Crippen LogP contribution is 2.16. The molecule has 1 atom stereocenters. The van der Waals surface area contributed by atoms with Crippen LogP contribution in [0.25, 0.3) is 0 Å². The van der Waals surface area contributed by atoms with Crippen LogP contribution in [0.5, 0.6) is 0 Å². The molecule has 0 spiro atoms. The molecule has 1 aromatic rings. The van der Waals surface area contributed by atoms with Gasteiger partial charge in [-0.1, -0.05) is 0 Å². The monoisotopic (exact) mass is 341 g/mol. The molecule has 1 fully saturated rings. The molecular weight excluding hydrogens is 322 g/mol. The van der Waals surface area contributed by atoms with Gasteiger partial charge >= 0.3 is 6.03 Å². The van der Waals surface area contributed by atoms with E-state index in [-0.39, 0.29) is 29.3 Å². The van der Waals surface area contributed by atoms with Crippen LogP contribution in [-0.2, 0) is 14.9 Å². The van der Waals surface area contributed by atoms with Crippen molar-refractivity contribution in [3.05, 3.63) is 24.3 Å². The van der Waals surface area contributed by atoms with E-state index in [1.54, 1.807) is 4.90 Å². The summed E-state index contributed by atoms with van der Waals surface area (Å²) in [5.74, 6) is 0.00260. The third-order valence-electron chi connectivity index (χ3n) is 3.53. The van der Waals surface area contributed by atoms with Crippen molar-refractivity contribution in [3.63, 3.8) is 0 Å². The van der Waals surface area contributed by atoms with E-state index in [4.69, 9.17) is 4.55 Å². The zero-order valence-electron chi connectivity index (χ0n) is 12.8. The fourth-order valence-corrected chi connectivity index (χ4v) is 2.87. The highest BCUT2D eigenvalue weighted by Gasteiger charge is 2.31. The van der Waals surface area contributed by atoms with Gasteiger partial charge in [0.05, 0.1) is 10.9 Å². The van der Waals surface area contributed by atoms with Crippen LogP contribution in [0.2, 0.25) is 0 Å². The van der Waals surface area contributed by atoms with Gasteiger partial charge in [0.15, 0.2) is 0 Å². The molecule has 0 aromatic heterocycles. The van der Waals surface area contributed by atoms with E-state index in [9.17, 15) is 18.0 Å². The number of benzene rings is 1. The summed E-state index contributed by atoms with van der Waals surface area (Å²) < 4.78 is 30.7. The SMILES string of the molecule is CC(C)N1CC(NC(=O)Nc2ccc(S(=O)(=O)O)cc2)CC1=O. The summed E-state index contributed by atoms with van der Waals surface area (Å²) in [5.41, 5.74) is 0.375. The molecule has 1 aliphatic rings. The third-order valence-corrected chi connectivity index (χ3v) is 4.39. The van der Waals surface area contributed by atoms with Crippen molar-refractivity contribution in [2.24, 2.45) is 0 Å². The summed E-state index contributed by atoms with van der Waals surface area (Å²) in [6, 6.07) is 4.45. The summed E-state index contributed by atoms with van der Waals surface area (Å²) in [4.78, 5) is 25.1. The van der Waals surface area contributed by atoms with E-state index in [0.717, 1.165) is 0 Å². The Morgan fingerprint density at radius 1 is 1.30 bits per heavy atom. The first-order valence-corrected chi connectivity index (χ1v) is 8.55. The van der Waals surface area contributed by atoms with E-state index in [0.29, 0.717) is 12.2 Å². The zero-order chi connectivity index (χ0) is 17.2. The van der Waals surface area contributed by atoms with E-state index in [1.807, 2.05) is 13.8 Å². The summed E-state index contributed by atoms with van der Waals surface area (Å²) in [6.45, 7) is 4.29. The number of carbonyl (C=O) groups excluding carboxylic acids is 2. The van der Waals surface area contributed by atoms with Gasteiger partial charge < -0.3 is 15.5 Å². The fourth-order valence-electron chi connectivity index (χ4n) is 2.39. The molecule has 0 aliphatic carbocycles. The second-order valence-corrected chi connectivity index (χ2v) is 7.06. The Kier molecular flexibility index (Phi) is 4.90. The topological polar surface area (TPSA) is 116 Å². The van der Waals surface area contributed by atoms with Crippen LogP contribution in [0.4, 0.5) is 10.5 Å². The quantitative estimate of drug-likeness (QED) is 0.708. The molecule has 3 amide bonds. The first kappa shape index (κ1) is 17.2. The molecule has 1 unspecified atom stereocenters. The van der Waals surface area contributed by atoms with Crippen LogP contribution in [0.1, 0.15) is 20.3 Å². The van der Waals surface area contributed by atoms with Crippen molar-refractivity contribution in [2.45, 2.75) is 37.2 Å². The number of carbonyl (C=O) groups is 2. The van der Waals surface area contributed by atoms with Gasteiger partial charge in [0.2, 0.25) is 5.91 Å². The van der Waals surface area contributed by atoms with Crippen molar-refractivity contribution >= 4 is 27.7 Å². The van der Waals surface area contributed by atoms with Crippen molar-refractivity contribution < 1.29 is 22.6 Å². The van der Waals surface area contributed by atoms with Gasteiger partial charge in [-0.2, -0.15) is 8.42 Å². The van der Waals surface area contributed by atoms with Gasteiger partial charge in [0, 0.05) is 24.7 Å². The predicted octanol–water partition coefficient (Wildman–Crippen LogP) is 1.06. The standard InChI is InChI=1S/C14H19N3O5S/c1-9(2)17-8-11(7-13(17)18)16-14(19)15-10-3-5-12(6-4-10)23(20,21)22/h3-6,9,11H,7-8H2,1-2H3,(H2,15,16,19)(H,20,21,22). The maximum absolute atomic E-state index is 11.9. The van der Waals surface area contributed by atoms with Crippen molar-refractivity contribution in [3.8, 4) is 0 Å². The minimum Gasteiger partial charge on any atom is -0.338 e. The number of urea groups is 1.